The van der Waals surface area contributed by atoms with Gasteiger partial charge in [-0.15, -0.1) is 0 Å². The van der Waals surface area contributed by atoms with Gasteiger partial charge in [0.1, 0.15) is 0 Å². The van der Waals surface area contributed by atoms with Crippen LogP contribution in [-0.4, -0.2) is 0 Å². The molecule has 4 bridgehead atoms. The molecule has 0 unspecified atom stereocenters. The van der Waals surface area contributed by atoms with Gasteiger partial charge in [0.2, 0.25) is 0 Å². The van der Waals surface area contributed by atoms with E-state index in [2.05, 4.69) is 26.0 Å². The van der Waals surface area contributed by atoms with Crippen LogP contribution in [0.1, 0.15) is 52.4 Å². The van der Waals surface area contributed by atoms with Crippen molar-refractivity contribution in [2.75, 3.05) is 0 Å². The molecule has 0 aromatic rings. The van der Waals surface area contributed by atoms with Crippen molar-refractivity contribution in [1.29, 1.82) is 0 Å². The van der Waals surface area contributed by atoms with Crippen LogP contribution < -0.4 is 24.8 Å². The molecule has 0 nitrogen and oxygen atoms in total. The molecule has 0 radical (unpaired) electrons. The summed E-state index contributed by atoms with van der Waals surface area (Å²) >= 11 is -0.430. The Morgan fingerprint density at radius 1 is 0.842 bits per heavy atom. The van der Waals surface area contributed by atoms with Crippen molar-refractivity contribution in [1.82, 2.24) is 0 Å². The molecule has 19 heavy (non-hydrogen) atoms. The summed E-state index contributed by atoms with van der Waals surface area (Å²) in [6.07, 6.45) is 12.8. The van der Waals surface area contributed by atoms with Crippen molar-refractivity contribution in [2.45, 2.75) is 52.4 Å². The fourth-order valence-electron chi connectivity index (χ4n) is 3.42. The molecule has 1 heterocycles. The summed E-state index contributed by atoms with van der Waals surface area (Å²) in [6.45, 7) is 4.69. The zero-order valence-electron chi connectivity index (χ0n) is 11.7. The maximum Gasteiger partial charge on any atom is -1.00 e. The average Bonchev–Trinajstić information content (AvgIpc) is 2.91. The van der Waals surface area contributed by atoms with Crippen molar-refractivity contribution in [3.63, 3.8) is 0 Å². The minimum Gasteiger partial charge on any atom is -1.00 e. The molecule has 0 N–H and O–H groups in total. The van der Waals surface area contributed by atoms with Crippen LogP contribution in [0.15, 0.2) is 41.0 Å². The van der Waals surface area contributed by atoms with E-state index in [1.807, 2.05) is 6.56 Å². The van der Waals surface area contributed by atoms with E-state index in [9.17, 15) is 0 Å². The summed E-state index contributed by atoms with van der Waals surface area (Å²) in [6, 6.07) is 0. The van der Waals surface area contributed by atoms with Gasteiger partial charge in [0.05, 0.1) is 0 Å². The van der Waals surface area contributed by atoms with Crippen molar-refractivity contribution in [3.8, 4) is 0 Å². The number of fused-ring (bicyclic) bond motifs is 2. The van der Waals surface area contributed by atoms with E-state index in [1.54, 1.807) is 22.3 Å². The fraction of sp³-hybridized carbons (Fsp3) is 0.500. The summed E-state index contributed by atoms with van der Waals surface area (Å²) in [5, 5.41) is 0. The number of halogens is 2. The van der Waals surface area contributed by atoms with Crippen LogP contribution in [0.3, 0.4) is 0 Å². The Morgan fingerprint density at radius 2 is 1.26 bits per heavy atom. The third-order valence-corrected chi connectivity index (χ3v) is 8.25. The maximum atomic E-state index is 2.53. The van der Waals surface area contributed by atoms with Gasteiger partial charge in [0.15, 0.2) is 0 Å². The first kappa shape index (κ1) is 17.5. The van der Waals surface area contributed by atoms with E-state index in [4.69, 9.17) is 0 Å². The summed E-state index contributed by atoms with van der Waals surface area (Å²) in [4.78, 5) is 0. The van der Waals surface area contributed by atoms with Gasteiger partial charge in [0.25, 0.3) is 0 Å². The molecule has 3 aliphatic rings. The van der Waals surface area contributed by atoms with E-state index in [-0.39, 0.29) is 24.8 Å². The van der Waals surface area contributed by atoms with E-state index >= 15 is 0 Å². The van der Waals surface area contributed by atoms with Crippen LogP contribution in [0.4, 0.5) is 0 Å². The van der Waals surface area contributed by atoms with Crippen molar-refractivity contribution >= 4 is 0 Å². The second kappa shape index (κ2) is 7.44. The second-order valence-corrected chi connectivity index (χ2v) is 8.69. The zero-order valence-corrected chi connectivity index (χ0v) is 15.6. The molecule has 1 aliphatic heterocycles. The largest absolute Gasteiger partial charge is 1.00 e. The molecule has 2 aliphatic carbocycles. The first-order valence-electron chi connectivity index (χ1n) is 6.93. The van der Waals surface area contributed by atoms with Crippen LogP contribution in [0.2, 0.25) is 0 Å². The van der Waals surface area contributed by atoms with E-state index in [0.717, 1.165) is 0 Å². The Hall–Kier alpha value is 0.423. The molecule has 0 amide bonds. The number of hydrogen-bond acceptors (Lipinski definition) is 0. The maximum absolute atomic E-state index is 2.53. The van der Waals surface area contributed by atoms with Crippen LogP contribution in [0.5, 0.6) is 0 Å². The van der Waals surface area contributed by atoms with Crippen LogP contribution in [-0.2, 0) is 23.2 Å². The summed E-state index contributed by atoms with van der Waals surface area (Å²) < 4.78 is 3.78. The van der Waals surface area contributed by atoms with Crippen molar-refractivity contribution in [2.24, 2.45) is 0 Å². The molecule has 0 atom stereocenters. The molecular weight excluding hydrogens is 354 g/mol. The Morgan fingerprint density at radius 3 is 1.63 bits per heavy atom. The summed E-state index contributed by atoms with van der Waals surface area (Å²) in [5.41, 5.74) is 6.95. The second-order valence-electron chi connectivity index (χ2n) is 5.11. The normalized spacial score (nSPS) is 20.1. The fourth-order valence-corrected chi connectivity index (χ4v) is 7.72. The molecule has 102 valence electrons. The standard InChI is InChI=1S/C16H20.2ClH.Zr/c1-3-13-7-5-9-15(13)11-12-16-10-6-8-14(16)4-2;;;/h9-10H,3-6,11-12H2,1-2H3;2*1H;/q;;;+2/p-2. The van der Waals surface area contributed by atoms with Crippen LogP contribution in [0, 0.1) is 0 Å². The molecule has 0 aromatic carbocycles. The van der Waals surface area contributed by atoms with Gasteiger partial charge in [0, 0.05) is 0 Å². The number of rotatable bonds is 2. The smallest absolute Gasteiger partial charge is 1.00 e. The van der Waals surface area contributed by atoms with Gasteiger partial charge in [-0.05, 0) is 0 Å². The van der Waals surface area contributed by atoms with Crippen LogP contribution >= 0.6 is 0 Å². The topological polar surface area (TPSA) is 0 Å². The number of allylic oxidation sites excluding steroid dienone is 8. The molecule has 0 saturated carbocycles. The van der Waals surface area contributed by atoms with E-state index in [0.29, 0.717) is 0 Å². The van der Waals surface area contributed by atoms with Crippen LogP contribution in [0.25, 0.3) is 0 Å². The quantitative estimate of drug-likeness (QED) is 0.573. The Bertz CT molecular complexity index is 437. The van der Waals surface area contributed by atoms with E-state index in [1.165, 1.54) is 38.5 Å². The molecular formula is C16H20Cl2Zr. The van der Waals surface area contributed by atoms with Crippen molar-refractivity contribution in [3.05, 3.63) is 41.0 Å². The summed E-state index contributed by atoms with van der Waals surface area (Å²) in [7, 11) is 0. The van der Waals surface area contributed by atoms with Gasteiger partial charge in [-0.3, -0.25) is 0 Å². The predicted octanol–water partition coefficient (Wildman–Crippen LogP) is -1.14. The predicted molar refractivity (Wildman–Crippen MR) is 69.3 cm³/mol. The van der Waals surface area contributed by atoms with Crippen molar-refractivity contribution < 1.29 is 48.0 Å². The first-order chi connectivity index (χ1) is 8.33. The Labute approximate surface area is 140 Å². The molecule has 3 rings (SSSR count). The third-order valence-electron chi connectivity index (χ3n) is 4.28. The minimum absolute atomic E-state index is 0. The van der Waals surface area contributed by atoms with Gasteiger partial charge in [-0.2, -0.15) is 0 Å². The molecule has 3 heteroatoms. The minimum atomic E-state index is -0.430. The van der Waals surface area contributed by atoms with E-state index < -0.39 is 23.2 Å². The molecule has 0 fully saturated rings. The molecule has 0 aromatic heterocycles. The monoisotopic (exact) mass is 372 g/mol. The van der Waals surface area contributed by atoms with Gasteiger partial charge < -0.3 is 24.8 Å². The molecule has 0 saturated heterocycles. The Kier molecular flexibility index (Phi) is 6.84. The third kappa shape index (κ3) is 3.20. The van der Waals surface area contributed by atoms with Gasteiger partial charge >= 0.3 is 117 Å². The molecule has 0 spiro atoms. The van der Waals surface area contributed by atoms with Gasteiger partial charge in [-0.25, -0.2) is 0 Å². The number of hydrogen-bond donors (Lipinski definition) is 0. The first-order valence-corrected chi connectivity index (χ1v) is 9.39. The van der Waals surface area contributed by atoms with Gasteiger partial charge in [-0.1, -0.05) is 0 Å². The summed E-state index contributed by atoms with van der Waals surface area (Å²) in [5.74, 6) is 0. The average molecular weight is 374 g/mol. The zero-order chi connectivity index (χ0) is 11.8. The Balaban J connectivity index is 0.000000902. The SMILES string of the molecule is CCC1=[C]2CC=C1CCC1=CC[C](=C1CC)[Zr+2]2.[Cl-].[Cl-].